The van der Waals surface area contributed by atoms with Crippen LogP contribution in [0.3, 0.4) is 0 Å². The Labute approximate surface area is 165 Å². The Balaban J connectivity index is 0.00000192. The lowest BCUT2D eigenvalue weighted by Crippen LogP contribution is -2.07. The fourth-order valence-corrected chi connectivity index (χ4v) is 3.39. The second-order valence-corrected chi connectivity index (χ2v) is 6.44. The van der Waals surface area contributed by atoms with Crippen LogP contribution in [0.15, 0.2) is 43.0 Å². The number of aryl methyl sites for hydroxylation is 1. The molecule has 1 aliphatic heterocycles. The summed E-state index contributed by atoms with van der Waals surface area (Å²) in [6.07, 6.45) is 2.67. The van der Waals surface area contributed by atoms with Gasteiger partial charge in [-0.3, -0.25) is 4.68 Å². The summed E-state index contributed by atoms with van der Waals surface area (Å²) in [6, 6.07) is 6.45. The van der Waals surface area contributed by atoms with Gasteiger partial charge in [0, 0.05) is 23.5 Å². The number of hydrogen-bond acceptors (Lipinski definition) is 4. The Morgan fingerprint density at radius 2 is 2.11 bits per heavy atom. The van der Waals surface area contributed by atoms with Gasteiger partial charge in [-0.1, -0.05) is 6.07 Å². The molecule has 0 N–H and O–H groups in total. The normalized spacial score (nSPS) is 12.1. The number of benzene rings is 1. The van der Waals surface area contributed by atoms with Gasteiger partial charge in [-0.15, -0.1) is 12.4 Å². The molecule has 0 saturated heterocycles. The molecule has 7 nitrogen and oxygen atoms in total. The van der Waals surface area contributed by atoms with Gasteiger partial charge in [-0.25, -0.2) is 23.4 Å². The van der Waals surface area contributed by atoms with Crippen molar-refractivity contribution < 1.29 is 8.78 Å². The maximum absolute atomic E-state index is 13.3. The highest BCUT2D eigenvalue weighted by Gasteiger charge is 2.25. The highest BCUT2D eigenvalue weighted by Crippen LogP contribution is 2.34. The van der Waals surface area contributed by atoms with Crippen molar-refractivity contribution in [2.45, 2.75) is 26.4 Å². The van der Waals surface area contributed by atoms with Crippen LogP contribution in [-0.2, 0) is 13.1 Å². The molecule has 144 valence electrons. The number of rotatable bonds is 3. The monoisotopic (exact) mass is 403 g/mol. The predicted octanol–water partition coefficient (Wildman–Crippen LogP) is 3.41. The molecule has 0 spiro atoms. The Hall–Kier alpha value is -3.07. The van der Waals surface area contributed by atoms with Crippen LogP contribution in [-0.4, -0.2) is 34.1 Å². The second-order valence-electron chi connectivity index (χ2n) is 6.44. The van der Waals surface area contributed by atoms with E-state index in [1.807, 2.05) is 23.8 Å². The van der Waals surface area contributed by atoms with Gasteiger partial charge in [-0.2, -0.15) is 10.2 Å². The molecule has 0 fully saturated rings. The molecule has 0 unspecified atom stereocenters. The van der Waals surface area contributed by atoms with E-state index >= 15 is 0 Å². The zero-order valence-corrected chi connectivity index (χ0v) is 15.6. The van der Waals surface area contributed by atoms with Crippen molar-refractivity contribution in [2.75, 3.05) is 0 Å². The summed E-state index contributed by atoms with van der Waals surface area (Å²) < 4.78 is 32.0. The minimum Gasteiger partial charge on any atom is -0.300 e. The van der Waals surface area contributed by atoms with E-state index in [0.717, 1.165) is 17.1 Å². The fourth-order valence-electron chi connectivity index (χ4n) is 3.39. The number of alkyl halides is 2. The van der Waals surface area contributed by atoms with Gasteiger partial charge >= 0.3 is 0 Å². The summed E-state index contributed by atoms with van der Waals surface area (Å²) >= 11 is 0. The minimum absolute atomic E-state index is 0. The standard InChI is InChI=1S/C18H15F2N7.ClH/c1-11-15-8-27-18(23-16(24-27)9-25-6-2-5-22-25)13-7-12(17(19)20)3-4-14(13)26(15)10-21-11;/h2-7,10,17H,8-9H2,1H3;1H. The quantitative estimate of drug-likeness (QED) is 0.463. The topological polar surface area (TPSA) is 66.3 Å². The molecule has 0 radical (unpaired) electrons. The van der Waals surface area contributed by atoms with Crippen LogP contribution < -0.4 is 0 Å². The van der Waals surface area contributed by atoms with E-state index in [4.69, 9.17) is 0 Å². The molecule has 0 amide bonds. The Morgan fingerprint density at radius 3 is 2.86 bits per heavy atom. The first kappa shape index (κ1) is 18.3. The summed E-state index contributed by atoms with van der Waals surface area (Å²) in [5.41, 5.74) is 3.17. The van der Waals surface area contributed by atoms with Crippen LogP contribution in [0.4, 0.5) is 8.78 Å². The molecule has 1 aliphatic rings. The zero-order valence-electron chi connectivity index (χ0n) is 14.8. The van der Waals surface area contributed by atoms with Gasteiger partial charge in [0.15, 0.2) is 11.6 Å². The number of hydrogen-bond donors (Lipinski definition) is 0. The van der Waals surface area contributed by atoms with Crippen LogP contribution in [0.5, 0.6) is 0 Å². The van der Waals surface area contributed by atoms with E-state index in [-0.39, 0.29) is 18.0 Å². The van der Waals surface area contributed by atoms with Gasteiger partial charge in [0.25, 0.3) is 6.43 Å². The van der Waals surface area contributed by atoms with Crippen LogP contribution in [0.25, 0.3) is 17.1 Å². The number of halogens is 3. The molecule has 1 aromatic carbocycles. The van der Waals surface area contributed by atoms with Crippen LogP contribution >= 0.6 is 12.4 Å². The van der Waals surface area contributed by atoms with Crippen molar-refractivity contribution in [1.82, 2.24) is 34.1 Å². The van der Waals surface area contributed by atoms with E-state index in [1.165, 1.54) is 12.1 Å². The van der Waals surface area contributed by atoms with Gasteiger partial charge in [0.1, 0.15) is 6.54 Å². The third kappa shape index (κ3) is 2.88. The number of aromatic nitrogens is 7. The summed E-state index contributed by atoms with van der Waals surface area (Å²) in [7, 11) is 0. The number of imidazole rings is 1. The van der Waals surface area contributed by atoms with Crippen LogP contribution in [0.2, 0.25) is 0 Å². The Kier molecular flexibility index (Phi) is 4.46. The lowest BCUT2D eigenvalue weighted by Gasteiger charge is -2.10. The van der Waals surface area contributed by atoms with Gasteiger partial charge in [-0.05, 0) is 25.1 Å². The summed E-state index contributed by atoms with van der Waals surface area (Å²) in [6.45, 7) is 2.80. The predicted molar refractivity (Wildman–Crippen MR) is 100.0 cm³/mol. The molecule has 3 aromatic heterocycles. The molecule has 0 bridgehead atoms. The summed E-state index contributed by atoms with van der Waals surface area (Å²) in [5.74, 6) is 1.14. The molecular weight excluding hydrogens is 388 g/mol. The molecule has 4 aromatic rings. The van der Waals surface area contributed by atoms with Crippen molar-refractivity contribution in [2.24, 2.45) is 0 Å². The van der Waals surface area contributed by atoms with Gasteiger partial charge in [0.2, 0.25) is 0 Å². The van der Waals surface area contributed by atoms with E-state index in [1.54, 1.807) is 28.0 Å². The number of nitrogens with zero attached hydrogens (tertiary/aromatic N) is 7. The third-order valence-corrected chi connectivity index (χ3v) is 4.73. The average Bonchev–Trinajstić information content (AvgIpc) is 3.36. The maximum atomic E-state index is 13.3. The first-order valence-electron chi connectivity index (χ1n) is 8.47. The first-order chi connectivity index (χ1) is 13.1. The maximum Gasteiger partial charge on any atom is 0.263 e. The van der Waals surface area contributed by atoms with Crippen molar-refractivity contribution in [3.8, 4) is 17.1 Å². The zero-order chi connectivity index (χ0) is 18.5. The van der Waals surface area contributed by atoms with Crippen LogP contribution in [0, 0.1) is 6.92 Å². The molecule has 4 heterocycles. The van der Waals surface area contributed by atoms with Crippen LogP contribution in [0.1, 0.15) is 29.2 Å². The van der Waals surface area contributed by atoms with Crippen molar-refractivity contribution >= 4 is 12.4 Å². The van der Waals surface area contributed by atoms with E-state index < -0.39 is 6.43 Å². The Morgan fingerprint density at radius 1 is 1.25 bits per heavy atom. The smallest absolute Gasteiger partial charge is 0.263 e. The van der Waals surface area contributed by atoms with Crippen molar-refractivity contribution in [3.05, 3.63) is 65.8 Å². The average molecular weight is 404 g/mol. The van der Waals surface area contributed by atoms with E-state index in [2.05, 4.69) is 20.2 Å². The van der Waals surface area contributed by atoms with Gasteiger partial charge < -0.3 is 4.57 Å². The molecule has 0 atom stereocenters. The molecule has 28 heavy (non-hydrogen) atoms. The van der Waals surface area contributed by atoms with Crippen molar-refractivity contribution in [3.63, 3.8) is 0 Å². The highest BCUT2D eigenvalue weighted by atomic mass is 35.5. The van der Waals surface area contributed by atoms with E-state index in [0.29, 0.717) is 30.3 Å². The molecule has 10 heteroatoms. The minimum atomic E-state index is -2.55. The molecule has 0 aliphatic carbocycles. The summed E-state index contributed by atoms with van der Waals surface area (Å²) in [4.78, 5) is 9.01. The van der Waals surface area contributed by atoms with E-state index in [9.17, 15) is 8.78 Å². The van der Waals surface area contributed by atoms with Gasteiger partial charge in [0.05, 0.1) is 29.9 Å². The van der Waals surface area contributed by atoms with Crippen molar-refractivity contribution in [1.29, 1.82) is 0 Å². The lowest BCUT2D eigenvalue weighted by molar-refractivity contribution is 0.151. The largest absolute Gasteiger partial charge is 0.300 e. The highest BCUT2D eigenvalue weighted by molar-refractivity contribution is 5.85. The second kappa shape index (κ2) is 6.83. The molecule has 0 saturated carbocycles. The Bertz CT molecular complexity index is 1130. The SMILES string of the molecule is Cc1ncn2c1Cn1nc(Cn3cccn3)nc1-c1cc(C(F)F)ccc1-2.Cl. The lowest BCUT2D eigenvalue weighted by atomic mass is 10.1. The molecule has 5 rings (SSSR count). The fraction of sp³-hybridized carbons (Fsp3) is 0.222. The first-order valence-corrected chi connectivity index (χ1v) is 8.47. The third-order valence-electron chi connectivity index (χ3n) is 4.73. The molecular formula is C18H16ClF2N7. The summed E-state index contributed by atoms with van der Waals surface area (Å²) in [5, 5.41) is 8.77. The number of fused-ring (bicyclic) bond motifs is 5.